The summed E-state index contributed by atoms with van der Waals surface area (Å²) in [4.78, 5) is 3.02. The minimum atomic E-state index is -3.92. The Hall–Kier alpha value is -0.960. The zero-order chi connectivity index (χ0) is 13.5. The van der Waals surface area contributed by atoms with Gasteiger partial charge in [-0.05, 0) is 6.92 Å². The van der Waals surface area contributed by atoms with E-state index in [4.69, 9.17) is 22.8 Å². The van der Waals surface area contributed by atoms with Crippen LogP contribution < -0.4 is 4.57 Å². The maximum atomic E-state index is 9.08. The summed E-state index contributed by atoms with van der Waals surface area (Å²) in [6.07, 6.45) is 4.07. The van der Waals surface area contributed by atoms with Crippen molar-refractivity contribution in [3.8, 4) is 0 Å². The van der Waals surface area contributed by atoms with Gasteiger partial charge in [-0.15, -0.1) is 0 Å². The van der Waals surface area contributed by atoms with Gasteiger partial charge in [0.1, 0.15) is 12.4 Å². The summed E-state index contributed by atoms with van der Waals surface area (Å²) < 4.78 is 34.4. The fourth-order valence-corrected chi connectivity index (χ4v) is 1.16. The number of aromatic nitrogens is 2. The van der Waals surface area contributed by atoms with Gasteiger partial charge in [-0.3, -0.25) is 0 Å². The lowest BCUT2D eigenvalue weighted by Crippen LogP contribution is -2.34. The van der Waals surface area contributed by atoms with Crippen LogP contribution in [0.2, 0.25) is 0 Å². The van der Waals surface area contributed by atoms with Gasteiger partial charge < -0.3 is 14.4 Å². The molecule has 17 heavy (non-hydrogen) atoms. The van der Waals surface area contributed by atoms with Crippen molar-refractivity contribution < 1.29 is 27.4 Å². The zero-order valence-electron chi connectivity index (χ0n) is 10.1. The molecule has 0 bridgehead atoms. The van der Waals surface area contributed by atoms with E-state index in [-0.39, 0.29) is 12.7 Å². The monoisotopic (exact) mass is 266 g/mol. The lowest BCUT2D eigenvalue weighted by atomic mass is 10.3. The van der Waals surface area contributed by atoms with Crippen molar-refractivity contribution in [3.05, 3.63) is 18.2 Å². The first-order valence-corrected chi connectivity index (χ1v) is 6.77. The molecule has 1 atom stereocenters. The molecule has 1 rings (SSSR count). The summed E-state index contributed by atoms with van der Waals surface area (Å²) in [5.74, 6) is 0.888. The van der Waals surface area contributed by atoms with Crippen molar-refractivity contribution in [2.45, 2.75) is 13.0 Å². The highest BCUT2D eigenvalue weighted by atomic mass is 32.2. The summed E-state index contributed by atoms with van der Waals surface area (Å²) in [5, 5.41) is 9.00. The first-order valence-electron chi connectivity index (χ1n) is 4.95. The number of H-pyrrole nitrogens is 1. The second-order valence-electron chi connectivity index (χ2n) is 3.29. The fraction of sp³-hybridized carbons (Fsp3) is 0.667. The van der Waals surface area contributed by atoms with Crippen LogP contribution in [0.4, 0.5) is 0 Å². The van der Waals surface area contributed by atoms with Crippen molar-refractivity contribution in [1.29, 1.82) is 0 Å². The Morgan fingerprint density at radius 1 is 1.65 bits per heavy atom. The zero-order valence-corrected chi connectivity index (χ0v) is 10.9. The molecule has 100 valence electrons. The van der Waals surface area contributed by atoms with Crippen LogP contribution in [0, 0.1) is 0 Å². The first kappa shape index (κ1) is 16.0. The summed E-state index contributed by atoms with van der Waals surface area (Å²) in [7, 11) is -2.01. The van der Waals surface area contributed by atoms with Crippen molar-refractivity contribution in [1.82, 2.24) is 4.98 Å². The van der Waals surface area contributed by atoms with E-state index in [0.29, 0.717) is 12.9 Å². The highest BCUT2D eigenvalue weighted by molar-refractivity contribution is 7.84. The number of aromatic amines is 1. The average Bonchev–Trinajstić information content (AvgIpc) is 2.58. The standard InChI is InChI=1S/C8H14N2O2.CH4O3S/c1-3-12-7(6-11)8-9-4-5-10(8)2;1-5(2,3)4/h4-5,7,11H,3,6H2,1-2H3;1H3,(H,2,3,4). The Bertz CT molecular complexity index is 407. The number of nitrogens with zero attached hydrogens (tertiary/aromatic N) is 1. The van der Waals surface area contributed by atoms with Crippen molar-refractivity contribution in [3.63, 3.8) is 0 Å². The van der Waals surface area contributed by atoms with E-state index in [9.17, 15) is 0 Å². The molecule has 8 heteroatoms. The molecule has 1 aromatic heterocycles. The van der Waals surface area contributed by atoms with Crippen LogP contribution in [0.1, 0.15) is 18.9 Å². The number of imidazole rings is 1. The summed E-state index contributed by atoms with van der Waals surface area (Å²) >= 11 is 0. The third-order valence-electron chi connectivity index (χ3n) is 1.75. The number of nitrogens with one attached hydrogen (secondary N) is 1. The minimum Gasteiger partial charge on any atom is -0.748 e. The van der Waals surface area contributed by atoms with E-state index < -0.39 is 10.1 Å². The fourth-order valence-electron chi connectivity index (χ4n) is 1.16. The number of ether oxygens (including phenoxy) is 1. The number of hydrogen-bond acceptors (Lipinski definition) is 5. The van der Waals surface area contributed by atoms with Crippen LogP contribution in [0.3, 0.4) is 0 Å². The van der Waals surface area contributed by atoms with Crippen LogP contribution in [0.15, 0.2) is 12.4 Å². The maximum Gasteiger partial charge on any atom is 0.286 e. The Kier molecular flexibility index (Phi) is 6.97. The number of aliphatic hydroxyl groups excluding tert-OH is 1. The molecule has 0 aromatic carbocycles. The van der Waals surface area contributed by atoms with Crippen LogP contribution in [0.25, 0.3) is 0 Å². The van der Waals surface area contributed by atoms with E-state index in [1.54, 1.807) is 0 Å². The summed E-state index contributed by atoms with van der Waals surface area (Å²) in [5.41, 5.74) is 0. The topological polar surface area (TPSA) is 106 Å². The van der Waals surface area contributed by atoms with Crippen molar-refractivity contribution in [2.24, 2.45) is 7.05 Å². The molecule has 0 aliphatic heterocycles. The number of hydrogen-bond donors (Lipinski definition) is 2. The molecule has 0 fully saturated rings. The Balaban J connectivity index is 0.000000437. The van der Waals surface area contributed by atoms with Gasteiger partial charge in [0.05, 0.1) is 23.8 Å². The molecule has 1 heterocycles. The molecular formula is C9H18N2O5S. The van der Waals surface area contributed by atoms with Gasteiger partial charge in [0.25, 0.3) is 5.82 Å². The van der Waals surface area contributed by atoms with E-state index >= 15 is 0 Å². The average molecular weight is 266 g/mol. The second-order valence-corrected chi connectivity index (χ2v) is 4.70. The van der Waals surface area contributed by atoms with Crippen LogP contribution in [-0.4, -0.2) is 42.5 Å². The van der Waals surface area contributed by atoms with Gasteiger partial charge in [0.2, 0.25) is 0 Å². The molecule has 0 amide bonds. The van der Waals surface area contributed by atoms with E-state index in [0.717, 1.165) is 5.82 Å². The van der Waals surface area contributed by atoms with Gasteiger partial charge in [-0.2, -0.15) is 0 Å². The predicted octanol–water partition coefficient (Wildman–Crippen LogP) is -0.929. The molecule has 1 unspecified atom stereocenters. The quantitative estimate of drug-likeness (QED) is 0.541. The smallest absolute Gasteiger partial charge is 0.286 e. The van der Waals surface area contributed by atoms with Gasteiger partial charge >= 0.3 is 0 Å². The van der Waals surface area contributed by atoms with Crippen LogP contribution in [0.5, 0.6) is 0 Å². The molecule has 0 spiro atoms. The van der Waals surface area contributed by atoms with Gasteiger partial charge in [-0.1, -0.05) is 0 Å². The van der Waals surface area contributed by atoms with E-state index in [2.05, 4.69) is 4.98 Å². The first-order chi connectivity index (χ1) is 7.79. The lowest BCUT2D eigenvalue weighted by Gasteiger charge is -2.08. The highest BCUT2D eigenvalue weighted by Gasteiger charge is 2.20. The molecule has 0 aliphatic carbocycles. The maximum absolute atomic E-state index is 9.08. The van der Waals surface area contributed by atoms with Gasteiger partial charge in [0, 0.05) is 12.9 Å². The highest BCUT2D eigenvalue weighted by Crippen LogP contribution is 2.09. The van der Waals surface area contributed by atoms with Gasteiger partial charge in [0.15, 0.2) is 6.10 Å². The molecule has 0 radical (unpaired) electrons. The molecule has 1 aromatic rings. The Morgan fingerprint density at radius 2 is 2.18 bits per heavy atom. The summed E-state index contributed by atoms with van der Waals surface area (Å²) in [6, 6.07) is 0. The summed E-state index contributed by atoms with van der Waals surface area (Å²) in [6.45, 7) is 2.51. The SMILES string of the molecule is CCOC(CO)c1[nH]cc[n+]1C.CS(=O)(=O)[O-]. The molecule has 0 saturated heterocycles. The Labute approximate surface area is 101 Å². The number of aryl methyl sites for hydroxylation is 1. The number of rotatable bonds is 4. The van der Waals surface area contributed by atoms with Gasteiger partial charge in [-0.25, -0.2) is 18.0 Å². The molecule has 7 nitrogen and oxygen atoms in total. The third kappa shape index (κ3) is 7.86. The minimum absolute atomic E-state index is 0.00218. The Morgan fingerprint density at radius 3 is 2.47 bits per heavy atom. The van der Waals surface area contributed by atoms with Crippen molar-refractivity contribution in [2.75, 3.05) is 19.5 Å². The van der Waals surface area contributed by atoms with E-state index in [1.165, 1.54) is 0 Å². The molecule has 2 N–H and O–H groups in total. The second kappa shape index (κ2) is 7.38. The number of aliphatic hydroxyl groups is 1. The molecule has 0 saturated carbocycles. The van der Waals surface area contributed by atoms with E-state index in [1.807, 2.05) is 30.9 Å². The van der Waals surface area contributed by atoms with Crippen LogP contribution in [-0.2, 0) is 21.9 Å². The van der Waals surface area contributed by atoms with Crippen LogP contribution >= 0.6 is 0 Å². The molecule has 0 aliphatic rings. The molecular weight excluding hydrogens is 248 g/mol. The largest absolute Gasteiger partial charge is 0.748 e. The lowest BCUT2D eigenvalue weighted by molar-refractivity contribution is -0.682. The third-order valence-corrected chi connectivity index (χ3v) is 1.75. The van der Waals surface area contributed by atoms with Crippen molar-refractivity contribution >= 4 is 10.1 Å². The normalized spacial score (nSPS) is 12.8. The predicted molar refractivity (Wildman–Crippen MR) is 59.0 cm³/mol.